The van der Waals surface area contributed by atoms with Crippen molar-refractivity contribution in [3.63, 3.8) is 0 Å². The van der Waals surface area contributed by atoms with Crippen LogP contribution in [0.2, 0.25) is 5.02 Å². The van der Waals surface area contributed by atoms with E-state index in [1.165, 1.54) is 0 Å². The predicted molar refractivity (Wildman–Crippen MR) is 163 cm³/mol. The molecule has 2 aliphatic carbocycles. The van der Waals surface area contributed by atoms with Crippen molar-refractivity contribution in [3.05, 3.63) is 70.7 Å². The quantitative estimate of drug-likeness (QED) is 0.206. The van der Waals surface area contributed by atoms with Gasteiger partial charge in [0.25, 0.3) is 0 Å². The third kappa shape index (κ3) is 9.53. The second-order valence-electron chi connectivity index (χ2n) is 12.0. The van der Waals surface area contributed by atoms with E-state index in [1.54, 1.807) is 36.2 Å². The lowest BCUT2D eigenvalue weighted by atomic mass is 9.84. The van der Waals surface area contributed by atoms with Gasteiger partial charge in [0.2, 0.25) is 11.8 Å². The van der Waals surface area contributed by atoms with Crippen LogP contribution in [0.1, 0.15) is 75.3 Å². The minimum Gasteiger partial charge on any atom is -0.445 e. The zero-order valence-corrected chi connectivity index (χ0v) is 25.5. The fourth-order valence-corrected chi connectivity index (χ4v) is 6.09. The largest absolute Gasteiger partial charge is 0.445 e. The van der Waals surface area contributed by atoms with Gasteiger partial charge in [0.1, 0.15) is 12.6 Å². The topological polar surface area (TPSA) is 125 Å². The van der Waals surface area contributed by atoms with Gasteiger partial charge in [-0.25, -0.2) is 4.79 Å². The number of halogens is 1. The highest BCUT2D eigenvalue weighted by molar-refractivity contribution is 6.30. The number of benzene rings is 2. The number of hydrogen-bond acceptors (Lipinski definition) is 6. The smallest absolute Gasteiger partial charge is 0.408 e. The van der Waals surface area contributed by atoms with Gasteiger partial charge in [-0.05, 0) is 54.9 Å². The van der Waals surface area contributed by atoms with Gasteiger partial charge in [0, 0.05) is 30.5 Å². The maximum atomic E-state index is 13.4. The summed E-state index contributed by atoms with van der Waals surface area (Å²) in [4.78, 5) is 52.9. The molecule has 0 spiro atoms. The first-order chi connectivity index (χ1) is 20.6. The lowest BCUT2D eigenvalue weighted by Gasteiger charge is -2.31. The van der Waals surface area contributed by atoms with E-state index >= 15 is 0 Å². The number of rotatable bonds is 14. The Morgan fingerprint density at radius 3 is 2.44 bits per heavy atom. The number of amides is 3. The second-order valence-corrected chi connectivity index (χ2v) is 12.4. The summed E-state index contributed by atoms with van der Waals surface area (Å²) in [5, 5.41) is 16.5. The number of hydrogen-bond donors (Lipinski definition) is 3. The van der Waals surface area contributed by atoms with Crippen LogP contribution in [0.4, 0.5) is 4.79 Å². The van der Waals surface area contributed by atoms with E-state index in [9.17, 15) is 24.3 Å². The number of likely N-dealkylation sites (N-methyl/N-ethyl adjacent to an activating group) is 1. The van der Waals surface area contributed by atoms with E-state index in [0.717, 1.165) is 56.9 Å². The van der Waals surface area contributed by atoms with Crippen molar-refractivity contribution in [3.8, 4) is 0 Å². The maximum Gasteiger partial charge on any atom is 0.408 e. The van der Waals surface area contributed by atoms with Gasteiger partial charge in [-0.2, -0.15) is 0 Å². The zero-order valence-electron chi connectivity index (χ0n) is 24.7. The highest BCUT2D eigenvalue weighted by Crippen LogP contribution is 2.44. The molecule has 10 heteroatoms. The molecular weight excluding hydrogens is 570 g/mol. The Bertz CT molecular complexity index is 1260. The number of ether oxygens (including phenoxy) is 1. The average molecular weight is 612 g/mol. The molecule has 3 amide bonds. The maximum absolute atomic E-state index is 13.4. The van der Waals surface area contributed by atoms with Crippen molar-refractivity contribution in [1.82, 2.24) is 15.5 Å². The number of alkyl carbamates (subject to hydrolysis) is 1. The van der Waals surface area contributed by atoms with Crippen molar-refractivity contribution in [2.45, 2.75) is 94.5 Å². The van der Waals surface area contributed by atoms with Crippen molar-refractivity contribution < 1.29 is 29.0 Å². The molecule has 3 N–H and O–H groups in total. The van der Waals surface area contributed by atoms with Crippen molar-refractivity contribution in [2.75, 3.05) is 7.05 Å². The molecule has 0 aromatic heterocycles. The van der Waals surface area contributed by atoms with Crippen LogP contribution in [0.15, 0.2) is 54.6 Å². The Hall–Kier alpha value is -3.43. The molecule has 2 saturated carbocycles. The molecule has 43 heavy (non-hydrogen) atoms. The molecule has 1 unspecified atom stereocenters. The van der Waals surface area contributed by atoms with Gasteiger partial charge < -0.3 is 25.4 Å². The van der Waals surface area contributed by atoms with E-state index in [2.05, 4.69) is 10.6 Å². The monoisotopic (exact) mass is 611 g/mol. The van der Waals surface area contributed by atoms with Crippen LogP contribution in [0, 0.1) is 5.92 Å². The molecule has 2 fully saturated rings. The summed E-state index contributed by atoms with van der Waals surface area (Å²) in [6.45, 7) is -0.0379. The van der Waals surface area contributed by atoms with Crippen LogP contribution in [0.3, 0.4) is 0 Å². The molecule has 2 aliphatic rings. The van der Waals surface area contributed by atoms with E-state index < -0.39 is 23.8 Å². The van der Waals surface area contributed by atoms with E-state index in [1.807, 2.05) is 30.3 Å². The third-order valence-corrected chi connectivity index (χ3v) is 8.94. The first kappa shape index (κ1) is 32.5. The predicted octanol–water partition coefficient (Wildman–Crippen LogP) is 4.92. The van der Waals surface area contributed by atoms with E-state index in [0.29, 0.717) is 17.0 Å². The first-order valence-electron chi connectivity index (χ1n) is 15.1. The standard InChI is InChI=1S/C33H42ClN3O6/c1-37(32(17-18-32)21-25-11-6-3-7-12-25)29(39)15-16-33(42,23-38)36-30(40)28(20-24-9-4-2-5-10-24)35-31(41)43-22-26-13-8-14-27(34)19-26/h3,6-8,11-14,19,23-24,28,42H,2,4-5,9-10,15-18,20-22H2,1H3,(H,35,41)(H,36,40)/t28-,33?/m0/s1. The van der Waals surface area contributed by atoms with Crippen LogP contribution in [-0.2, 0) is 32.1 Å². The molecule has 4 rings (SSSR count). The van der Waals surface area contributed by atoms with E-state index in [4.69, 9.17) is 16.3 Å². The van der Waals surface area contributed by atoms with Gasteiger partial charge >= 0.3 is 6.09 Å². The van der Waals surface area contributed by atoms with Gasteiger partial charge in [-0.1, -0.05) is 86.2 Å². The average Bonchev–Trinajstić information content (AvgIpc) is 3.79. The number of nitrogens with one attached hydrogen (secondary N) is 2. The van der Waals surface area contributed by atoms with Gasteiger partial charge in [0.15, 0.2) is 12.0 Å². The molecule has 9 nitrogen and oxygen atoms in total. The number of carbonyl (C=O) groups excluding carboxylic acids is 4. The Morgan fingerprint density at radius 1 is 1.09 bits per heavy atom. The van der Waals surface area contributed by atoms with Crippen LogP contribution in [-0.4, -0.2) is 58.6 Å². The lowest BCUT2D eigenvalue weighted by molar-refractivity contribution is -0.143. The normalized spacial score (nSPS) is 18.0. The Morgan fingerprint density at radius 2 is 1.79 bits per heavy atom. The van der Waals surface area contributed by atoms with Gasteiger partial charge in [-0.3, -0.25) is 14.4 Å². The minimum atomic E-state index is -2.26. The third-order valence-electron chi connectivity index (χ3n) is 8.70. The van der Waals surface area contributed by atoms with Gasteiger partial charge in [-0.15, -0.1) is 0 Å². The summed E-state index contributed by atoms with van der Waals surface area (Å²) in [6, 6.07) is 15.8. The summed E-state index contributed by atoms with van der Waals surface area (Å²) in [6.07, 6.45) is 6.90. The number of aliphatic hydroxyl groups is 1. The summed E-state index contributed by atoms with van der Waals surface area (Å²) in [5.74, 6) is -0.718. The van der Waals surface area contributed by atoms with Crippen LogP contribution in [0.25, 0.3) is 0 Å². The first-order valence-corrected chi connectivity index (χ1v) is 15.5. The van der Waals surface area contributed by atoms with Crippen molar-refractivity contribution in [1.29, 1.82) is 0 Å². The lowest BCUT2D eigenvalue weighted by Crippen LogP contribution is -2.57. The van der Waals surface area contributed by atoms with Crippen molar-refractivity contribution >= 4 is 35.8 Å². The summed E-state index contributed by atoms with van der Waals surface area (Å²) < 4.78 is 5.32. The summed E-state index contributed by atoms with van der Waals surface area (Å²) >= 11 is 6.01. The van der Waals surface area contributed by atoms with Crippen molar-refractivity contribution in [2.24, 2.45) is 5.92 Å². The molecule has 0 heterocycles. The molecule has 0 aliphatic heterocycles. The molecule has 0 saturated heterocycles. The second kappa shape index (κ2) is 14.8. The molecule has 2 aromatic rings. The van der Waals surface area contributed by atoms with Crippen LogP contribution < -0.4 is 10.6 Å². The molecule has 0 radical (unpaired) electrons. The molecule has 0 bridgehead atoms. The van der Waals surface area contributed by atoms with E-state index in [-0.39, 0.29) is 43.1 Å². The Labute approximate surface area is 258 Å². The zero-order chi connectivity index (χ0) is 30.9. The number of carbonyl (C=O) groups is 4. The number of nitrogens with zero attached hydrogens (tertiary/aromatic N) is 1. The molecule has 2 atom stereocenters. The fourth-order valence-electron chi connectivity index (χ4n) is 5.88. The Kier molecular flexibility index (Phi) is 11.2. The Balaban J connectivity index is 1.34. The van der Waals surface area contributed by atoms with Gasteiger partial charge in [0.05, 0.1) is 0 Å². The van der Waals surface area contributed by atoms with Crippen LogP contribution in [0.5, 0.6) is 0 Å². The summed E-state index contributed by atoms with van der Waals surface area (Å²) in [7, 11) is 1.75. The highest BCUT2D eigenvalue weighted by Gasteiger charge is 2.48. The minimum absolute atomic E-state index is 0.0379. The van der Waals surface area contributed by atoms with Crippen LogP contribution >= 0.6 is 11.6 Å². The fraction of sp³-hybridized carbons (Fsp3) is 0.515. The number of aldehydes is 1. The molecule has 2 aromatic carbocycles. The highest BCUT2D eigenvalue weighted by atomic mass is 35.5. The molecule has 232 valence electrons. The molecular formula is C33H42ClN3O6. The SMILES string of the molecule is CN(C(=O)CCC(O)(C=O)NC(=O)[C@H](CC1CCCCC1)NC(=O)OCc1cccc(Cl)c1)C1(Cc2ccccc2)CC1. The summed E-state index contributed by atoms with van der Waals surface area (Å²) in [5.41, 5.74) is -0.709.